The molecule has 2 aromatic heterocycles. The first-order valence-electron chi connectivity index (χ1n) is 10.5. The molecule has 0 spiro atoms. The molecule has 0 atom stereocenters. The van der Waals surface area contributed by atoms with Crippen molar-refractivity contribution in [3.63, 3.8) is 0 Å². The molecular formula is C25H28N4O. The molecule has 3 heterocycles. The van der Waals surface area contributed by atoms with Crippen molar-refractivity contribution < 1.29 is 4.79 Å². The molecule has 4 rings (SSSR count). The van der Waals surface area contributed by atoms with Crippen molar-refractivity contribution in [2.75, 3.05) is 18.8 Å². The Bertz CT molecular complexity index is 1020. The van der Waals surface area contributed by atoms with Crippen LogP contribution in [0, 0.1) is 13.8 Å². The summed E-state index contributed by atoms with van der Waals surface area (Å²) in [6.07, 6.45) is 4.32. The molecule has 5 heteroatoms. The minimum absolute atomic E-state index is 0.0261. The number of amides is 1. The monoisotopic (exact) mass is 400 g/mol. The highest BCUT2D eigenvalue weighted by atomic mass is 16.2. The second-order valence-corrected chi connectivity index (χ2v) is 8.24. The smallest absolute Gasteiger partial charge is 0.255 e. The van der Waals surface area contributed by atoms with Crippen LogP contribution in [0.25, 0.3) is 0 Å². The van der Waals surface area contributed by atoms with Gasteiger partial charge in [0.05, 0.1) is 5.56 Å². The Balaban J connectivity index is 1.42. The maximum Gasteiger partial charge on any atom is 0.255 e. The van der Waals surface area contributed by atoms with Gasteiger partial charge in [-0.15, -0.1) is 0 Å². The maximum atomic E-state index is 12.7. The average molecular weight is 401 g/mol. The fraction of sp³-hybridized carbons (Fsp3) is 0.320. The van der Waals surface area contributed by atoms with Crippen molar-refractivity contribution in [2.24, 2.45) is 0 Å². The van der Waals surface area contributed by atoms with Crippen molar-refractivity contribution >= 4 is 11.7 Å². The normalized spacial score (nSPS) is 14.7. The minimum Gasteiger partial charge on any atom is -0.384 e. The molecule has 1 saturated heterocycles. The van der Waals surface area contributed by atoms with E-state index in [1.165, 1.54) is 16.7 Å². The fourth-order valence-corrected chi connectivity index (χ4v) is 4.11. The number of aryl methyl sites for hydroxylation is 2. The average Bonchev–Trinajstić information content (AvgIpc) is 2.75. The number of anilines is 1. The summed E-state index contributed by atoms with van der Waals surface area (Å²) in [7, 11) is 0. The number of piperidine rings is 1. The third-order valence-electron chi connectivity index (χ3n) is 5.80. The van der Waals surface area contributed by atoms with Crippen LogP contribution in [0.3, 0.4) is 0 Å². The Morgan fingerprint density at radius 2 is 1.77 bits per heavy atom. The van der Waals surface area contributed by atoms with Crippen LogP contribution in [0.1, 0.15) is 57.2 Å². The highest BCUT2D eigenvalue weighted by Crippen LogP contribution is 2.29. The van der Waals surface area contributed by atoms with Crippen molar-refractivity contribution in [1.82, 2.24) is 14.9 Å². The summed E-state index contributed by atoms with van der Waals surface area (Å²) in [5, 5.41) is 0. The number of nitrogens with two attached hydrogens (primary N) is 1. The third-order valence-corrected chi connectivity index (χ3v) is 5.80. The van der Waals surface area contributed by atoms with Crippen molar-refractivity contribution in [3.05, 3.63) is 88.4 Å². The highest BCUT2D eigenvalue weighted by Gasteiger charge is 2.25. The first-order chi connectivity index (χ1) is 14.5. The Kier molecular flexibility index (Phi) is 5.79. The number of benzene rings is 1. The molecule has 2 N–H and O–H groups in total. The second kappa shape index (κ2) is 8.66. The van der Waals surface area contributed by atoms with Crippen molar-refractivity contribution in [1.29, 1.82) is 0 Å². The summed E-state index contributed by atoms with van der Waals surface area (Å²) in [5.41, 5.74) is 12.3. The van der Waals surface area contributed by atoms with Crippen LogP contribution in [-0.2, 0) is 6.42 Å². The Morgan fingerprint density at radius 3 is 2.43 bits per heavy atom. The predicted molar refractivity (Wildman–Crippen MR) is 119 cm³/mol. The largest absolute Gasteiger partial charge is 0.384 e. The molecule has 5 nitrogen and oxygen atoms in total. The van der Waals surface area contributed by atoms with E-state index in [-0.39, 0.29) is 5.91 Å². The number of rotatable bonds is 4. The number of likely N-dealkylation sites (tertiary alicyclic amines) is 1. The number of aromatic nitrogens is 2. The molecule has 0 unspecified atom stereocenters. The van der Waals surface area contributed by atoms with Gasteiger partial charge in [-0.3, -0.25) is 9.78 Å². The van der Waals surface area contributed by atoms with Gasteiger partial charge in [0.1, 0.15) is 5.82 Å². The predicted octanol–water partition coefficient (Wildman–Crippen LogP) is 4.29. The maximum absolute atomic E-state index is 12.7. The molecule has 30 heavy (non-hydrogen) atoms. The van der Waals surface area contributed by atoms with Crippen LogP contribution in [-0.4, -0.2) is 33.9 Å². The Morgan fingerprint density at radius 1 is 1.03 bits per heavy atom. The number of carbonyl (C=O) groups excluding carboxylic acids is 1. The number of nitrogen functional groups attached to an aromatic ring is 1. The summed E-state index contributed by atoms with van der Waals surface area (Å²) in [5.74, 6) is 0.839. The van der Waals surface area contributed by atoms with Gasteiger partial charge in [-0.1, -0.05) is 29.8 Å². The molecule has 154 valence electrons. The standard InChI is InChI=1S/C25H28N4O/c1-17-3-5-19(6-4-17)14-20-13-18(2)28-23(15-20)21-9-11-29(12-10-21)25(30)22-7-8-24(26)27-16-22/h3-8,13,15-16,21H,9-12,14H2,1-2H3,(H2,26,27). The van der Waals surface area contributed by atoms with E-state index in [4.69, 9.17) is 10.7 Å². The van der Waals surface area contributed by atoms with Gasteiger partial charge < -0.3 is 10.6 Å². The molecule has 1 aromatic carbocycles. The summed E-state index contributed by atoms with van der Waals surface area (Å²) in [6.45, 7) is 5.64. The number of nitrogens with zero attached hydrogens (tertiary/aromatic N) is 3. The van der Waals surface area contributed by atoms with Gasteiger partial charge in [0, 0.05) is 36.6 Å². The van der Waals surface area contributed by atoms with E-state index in [1.807, 2.05) is 4.90 Å². The van der Waals surface area contributed by atoms with Gasteiger partial charge in [-0.25, -0.2) is 4.98 Å². The van der Waals surface area contributed by atoms with Crippen molar-refractivity contribution in [3.8, 4) is 0 Å². The lowest BCUT2D eigenvalue weighted by Crippen LogP contribution is -2.38. The molecule has 1 amide bonds. The second-order valence-electron chi connectivity index (χ2n) is 8.24. The zero-order chi connectivity index (χ0) is 21.1. The van der Waals surface area contributed by atoms with E-state index in [0.717, 1.165) is 43.7 Å². The number of hydrogen-bond donors (Lipinski definition) is 1. The quantitative estimate of drug-likeness (QED) is 0.709. The summed E-state index contributed by atoms with van der Waals surface area (Å²) >= 11 is 0. The lowest BCUT2D eigenvalue weighted by atomic mass is 9.91. The van der Waals surface area contributed by atoms with E-state index in [1.54, 1.807) is 18.3 Å². The van der Waals surface area contributed by atoms with Crippen LogP contribution < -0.4 is 5.73 Å². The third kappa shape index (κ3) is 4.67. The van der Waals surface area contributed by atoms with Crippen LogP contribution in [0.4, 0.5) is 5.82 Å². The summed E-state index contributed by atoms with van der Waals surface area (Å²) < 4.78 is 0. The zero-order valence-corrected chi connectivity index (χ0v) is 17.6. The highest BCUT2D eigenvalue weighted by molar-refractivity contribution is 5.94. The lowest BCUT2D eigenvalue weighted by Gasteiger charge is -2.32. The molecule has 3 aromatic rings. The van der Waals surface area contributed by atoms with Gasteiger partial charge in [-0.2, -0.15) is 0 Å². The molecule has 1 aliphatic rings. The van der Waals surface area contributed by atoms with E-state index in [0.29, 0.717) is 17.3 Å². The van der Waals surface area contributed by atoms with E-state index in [9.17, 15) is 4.79 Å². The van der Waals surface area contributed by atoms with E-state index in [2.05, 4.69) is 55.2 Å². The van der Waals surface area contributed by atoms with Gasteiger partial charge >= 0.3 is 0 Å². The minimum atomic E-state index is 0.0261. The topological polar surface area (TPSA) is 72.1 Å². The molecule has 0 bridgehead atoms. The van der Waals surface area contributed by atoms with E-state index >= 15 is 0 Å². The molecule has 1 fully saturated rings. The fourth-order valence-electron chi connectivity index (χ4n) is 4.11. The Labute approximate surface area is 178 Å². The number of carbonyl (C=O) groups is 1. The van der Waals surface area contributed by atoms with Gasteiger partial charge in [0.15, 0.2) is 0 Å². The summed E-state index contributed by atoms with van der Waals surface area (Å²) in [4.78, 5) is 23.5. The molecule has 1 aliphatic heterocycles. The molecule has 0 radical (unpaired) electrons. The SMILES string of the molecule is Cc1ccc(Cc2cc(C)nc(C3CCN(C(=O)c4ccc(N)nc4)CC3)c2)cc1. The van der Waals surface area contributed by atoms with Crippen LogP contribution in [0.15, 0.2) is 54.7 Å². The van der Waals surface area contributed by atoms with Crippen molar-refractivity contribution in [2.45, 2.75) is 39.0 Å². The summed E-state index contributed by atoms with van der Waals surface area (Å²) in [6, 6.07) is 16.6. The number of hydrogen-bond acceptors (Lipinski definition) is 4. The first kappa shape index (κ1) is 20.1. The molecular weight excluding hydrogens is 372 g/mol. The van der Waals surface area contributed by atoms with E-state index < -0.39 is 0 Å². The lowest BCUT2D eigenvalue weighted by molar-refractivity contribution is 0.0711. The Hall–Kier alpha value is -3.21. The van der Waals surface area contributed by atoms with Crippen LogP contribution >= 0.6 is 0 Å². The van der Waals surface area contributed by atoms with Crippen LogP contribution in [0.2, 0.25) is 0 Å². The molecule has 0 aliphatic carbocycles. The number of pyridine rings is 2. The van der Waals surface area contributed by atoms with Gasteiger partial charge in [0.25, 0.3) is 5.91 Å². The van der Waals surface area contributed by atoms with Gasteiger partial charge in [-0.05, 0) is 68.5 Å². The first-order valence-corrected chi connectivity index (χ1v) is 10.5. The zero-order valence-electron chi connectivity index (χ0n) is 17.6. The molecule has 0 saturated carbocycles. The van der Waals surface area contributed by atoms with Crippen LogP contribution in [0.5, 0.6) is 0 Å². The van der Waals surface area contributed by atoms with Gasteiger partial charge in [0.2, 0.25) is 0 Å².